The molecule has 30 heavy (non-hydrogen) atoms. The summed E-state index contributed by atoms with van der Waals surface area (Å²) in [5.74, 6) is 0.792. The molecular weight excluding hydrogens is 405 g/mol. The van der Waals surface area contributed by atoms with Gasteiger partial charge in [-0.3, -0.25) is 0 Å². The summed E-state index contributed by atoms with van der Waals surface area (Å²) >= 11 is 0. The van der Waals surface area contributed by atoms with Gasteiger partial charge in [-0.15, -0.1) is 0 Å². The van der Waals surface area contributed by atoms with Crippen molar-refractivity contribution in [1.82, 2.24) is 14.4 Å². The van der Waals surface area contributed by atoms with Gasteiger partial charge < -0.3 is 4.52 Å². The zero-order valence-electron chi connectivity index (χ0n) is 17.0. The van der Waals surface area contributed by atoms with Crippen LogP contribution in [0.4, 0.5) is 4.39 Å². The maximum Gasteiger partial charge on any atom is 0.258 e. The Morgan fingerprint density at radius 2 is 1.80 bits per heavy atom. The van der Waals surface area contributed by atoms with Crippen molar-refractivity contribution >= 4 is 10.0 Å². The molecule has 1 fully saturated rings. The van der Waals surface area contributed by atoms with E-state index in [1.54, 1.807) is 24.3 Å². The van der Waals surface area contributed by atoms with Gasteiger partial charge >= 0.3 is 0 Å². The summed E-state index contributed by atoms with van der Waals surface area (Å²) in [6.07, 6.45) is 1.21. The van der Waals surface area contributed by atoms with E-state index in [1.807, 2.05) is 12.1 Å². The summed E-state index contributed by atoms with van der Waals surface area (Å²) < 4.78 is 46.2. The van der Waals surface area contributed by atoms with Crippen molar-refractivity contribution in [3.63, 3.8) is 0 Å². The maximum atomic E-state index is 13.4. The maximum absolute atomic E-state index is 13.4. The molecule has 1 aromatic heterocycles. The van der Waals surface area contributed by atoms with Gasteiger partial charge in [0.1, 0.15) is 5.82 Å². The van der Waals surface area contributed by atoms with Crippen LogP contribution in [0.15, 0.2) is 57.9 Å². The molecule has 3 aromatic rings. The van der Waals surface area contributed by atoms with Crippen LogP contribution in [-0.4, -0.2) is 36.0 Å². The molecule has 0 spiro atoms. The molecule has 4 rings (SSSR count). The average Bonchev–Trinajstić information content (AvgIpc) is 3.24. The van der Waals surface area contributed by atoms with Crippen LogP contribution in [0.1, 0.15) is 49.9 Å². The van der Waals surface area contributed by atoms with Crippen molar-refractivity contribution < 1.29 is 17.3 Å². The summed E-state index contributed by atoms with van der Waals surface area (Å²) in [7, 11) is -3.53. The topological polar surface area (TPSA) is 76.3 Å². The van der Waals surface area contributed by atoms with E-state index in [4.69, 9.17) is 4.52 Å². The van der Waals surface area contributed by atoms with Crippen LogP contribution in [0, 0.1) is 5.82 Å². The number of nitrogens with zero attached hydrogens (tertiary/aromatic N) is 3. The fourth-order valence-corrected chi connectivity index (χ4v) is 5.14. The van der Waals surface area contributed by atoms with Gasteiger partial charge in [-0.1, -0.05) is 37.2 Å². The molecule has 2 heterocycles. The van der Waals surface area contributed by atoms with Crippen molar-refractivity contribution in [2.75, 3.05) is 13.1 Å². The first-order chi connectivity index (χ1) is 14.3. The summed E-state index contributed by atoms with van der Waals surface area (Å²) in [5.41, 5.74) is 1.64. The lowest BCUT2D eigenvalue weighted by atomic mass is 9.97. The molecule has 2 aromatic carbocycles. The van der Waals surface area contributed by atoms with Gasteiger partial charge in [-0.25, -0.2) is 12.8 Å². The predicted molar refractivity (Wildman–Crippen MR) is 111 cm³/mol. The van der Waals surface area contributed by atoms with Crippen molar-refractivity contribution in [2.24, 2.45) is 0 Å². The summed E-state index contributed by atoms with van der Waals surface area (Å²) in [6, 6.07) is 13.1. The lowest BCUT2D eigenvalue weighted by Crippen LogP contribution is -2.38. The third-order valence-corrected chi connectivity index (χ3v) is 7.43. The molecule has 0 unspecified atom stereocenters. The molecule has 0 amide bonds. The van der Waals surface area contributed by atoms with Crippen molar-refractivity contribution in [3.05, 3.63) is 65.7 Å². The van der Waals surface area contributed by atoms with E-state index < -0.39 is 10.0 Å². The second kappa shape index (κ2) is 8.28. The first-order valence-electron chi connectivity index (χ1n) is 10.0. The van der Waals surface area contributed by atoms with Crippen LogP contribution < -0.4 is 0 Å². The van der Waals surface area contributed by atoms with E-state index >= 15 is 0 Å². The van der Waals surface area contributed by atoms with E-state index in [1.165, 1.54) is 16.4 Å². The fourth-order valence-electron chi connectivity index (χ4n) is 3.67. The number of piperidine rings is 1. The van der Waals surface area contributed by atoms with Crippen LogP contribution >= 0.6 is 0 Å². The number of hydrogen-bond donors (Lipinski definition) is 0. The van der Waals surface area contributed by atoms with Gasteiger partial charge in [0.05, 0.1) is 4.90 Å². The molecule has 8 heteroatoms. The quantitative estimate of drug-likeness (QED) is 0.594. The van der Waals surface area contributed by atoms with Gasteiger partial charge in [-0.2, -0.15) is 9.29 Å². The van der Waals surface area contributed by atoms with Crippen LogP contribution in [-0.2, 0) is 10.0 Å². The highest BCUT2D eigenvalue weighted by atomic mass is 32.2. The Kier molecular flexibility index (Phi) is 5.71. The van der Waals surface area contributed by atoms with Gasteiger partial charge in [0, 0.05) is 24.6 Å². The van der Waals surface area contributed by atoms with Gasteiger partial charge in [-0.05, 0) is 54.7 Å². The Morgan fingerprint density at radius 3 is 2.43 bits per heavy atom. The summed E-state index contributed by atoms with van der Waals surface area (Å²) in [6.45, 7) is 4.93. The lowest BCUT2D eigenvalue weighted by molar-refractivity contribution is 0.307. The molecule has 0 bridgehead atoms. The lowest BCUT2D eigenvalue weighted by Gasteiger charge is -2.29. The Labute approximate surface area is 175 Å². The number of aromatic nitrogens is 2. The Balaban J connectivity index is 1.43. The molecule has 1 saturated heterocycles. The van der Waals surface area contributed by atoms with E-state index in [2.05, 4.69) is 24.0 Å². The first kappa shape index (κ1) is 20.7. The smallest absolute Gasteiger partial charge is 0.258 e. The highest BCUT2D eigenvalue weighted by Crippen LogP contribution is 2.31. The molecule has 0 aliphatic carbocycles. The molecule has 0 radical (unpaired) electrons. The number of benzene rings is 2. The summed E-state index contributed by atoms with van der Waals surface area (Å²) in [5, 5.41) is 4.04. The van der Waals surface area contributed by atoms with Gasteiger partial charge in [0.15, 0.2) is 5.82 Å². The Morgan fingerprint density at radius 1 is 1.10 bits per heavy atom. The number of hydrogen-bond acceptors (Lipinski definition) is 5. The van der Waals surface area contributed by atoms with Crippen LogP contribution in [0.2, 0.25) is 0 Å². The minimum atomic E-state index is -3.53. The van der Waals surface area contributed by atoms with E-state index in [-0.39, 0.29) is 17.6 Å². The van der Waals surface area contributed by atoms with E-state index in [9.17, 15) is 12.8 Å². The fraction of sp³-hybridized carbons (Fsp3) is 0.364. The minimum absolute atomic E-state index is 0.00539. The van der Waals surface area contributed by atoms with Crippen molar-refractivity contribution in [2.45, 2.75) is 43.4 Å². The third-order valence-electron chi connectivity index (χ3n) is 5.52. The first-order valence-corrected chi connectivity index (χ1v) is 11.5. The summed E-state index contributed by atoms with van der Waals surface area (Å²) in [4.78, 5) is 4.72. The van der Waals surface area contributed by atoms with Gasteiger partial charge in [0.2, 0.25) is 10.0 Å². The second-order valence-corrected chi connectivity index (χ2v) is 9.81. The number of rotatable bonds is 5. The second-order valence-electron chi connectivity index (χ2n) is 7.87. The molecule has 0 saturated carbocycles. The number of halogens is 1. The molecule has 0 atom stereocenters. The average molecular weight is 430 g/mol. The van der Waals surface area contributed by atoms with E-state index in [0.717, 1.165) is 5.56 Å². The monoisotopic (exact) mass is 429 g/mol. The largest absolute Gasteiger partial charge is 0.334 e. The van der Waals surface area contributed by atoms with E-state index in [0.29, 0.717) is 48.1 Å². The van der Waals surface area contributed by atoms with Crippen molar-refractivity contribution in [3.8, 4) is 11.5 Å². The Hall–Kier alpha value is -2.58. The van der Waals surface area contributed by atoms with Crippen LogP contribution in [0.5, 0.6) is 0 Å². The zero-order chi connectivity index (χ0) is 21.3. The number of sulfonamides is 1. The third kappa shape index (κ3) is 4.15. The SMILES string of the molecule is CC(C)c1ccc(S(=O)(=O)N2CCC(c3noc(-c4cccc(F)c4)n3)CC2)cc1. The zero-order valence-corrected chi connectivity index (χ0v) is 17.8. The molecule has 1 aliphatic heterocycles. The normalized spacial score (nSPS) is 16.3. The molecule has 0 N–H and O–H groups in total. The molecular formula is C22H24FN3O3S. The minimum Gasteiger partial charge on any atom is -0.334 e. The van der Waals surface area contributed by atoms with Crippen molar-refractivity contribution in [1.29, 1.82) is 0 Å². The van der Waals surface area contributed by atoms with Crippen LogP contribution in [0.3, 0.4) is 0 Å². The van der Waals surface area contributed by atoms with Crippen LogP contribution in [0.25, 0.3) is 11.5 Å². The Bertz CT molecular complexity index is 1120. The highest BCUT2D eigenvalue weighted by Gasteiger charge is 2.32. The predicted octanol–water partition coefficient (Wildman–Crippen LogP) is 4.57. The standard InChI is InChI=1S/C22H24FN3O3S/c1-15(2)16-6-8-20(9-7-16)30(27,28)26-12-10-17(11-13-26)21-24-22(29-25-21)18-4-3-5-19(23)14-18/h3-9,14-15,17H,10-13H2,1-2H3. The highest BCUT2D eigenvalue weighted by molar-refractivity contribution is 7.89. The molecule has 158 valence electrons. The molecule has 6 nitrogen and oxygen atoms in total. The molecule has 1 aliphatic rings. The van der Waals surface area contributed by atoms with Gasteiger partial charge in [0.25, 0.3) is 5.89 Å².